The van der Waals surface area contributed by atoms with E-state index in [1.807, 2.05) is 0 Å². The average Bonchev–Trinajstić information content (AvgIpc) is 3.34. The molecule has 1 aliphatic heterocycles. The maximum absolute atomic E-state index is 13.2. The van der Waals surface area contributed by atoms with Crippen molar-refractivity contribution in [1.29, 1.82) is 0 Å². The van der Waals surface area contributed by atoms with Gasteiger partial charge in [-0.3, -0.25) is 0 Å². The summed E-state index contributed by atoms with van der Waals surface area (Å²) in [5.74, 6) is 0.172. The first-order chi connectivity index (χ1) is 17.0. The number of benzene rings is 2. The van der Waals surface area contributed by atoms with Crippen LogP contribution in [-0.2, 0) is 9.47 Å². The van der Waals surface area contributed by atoms with Crippen LogP contribution < -0.4 is 28.4 Å². The Kier molecular flexibility index (Phi) is 8.51. The molecule has 1 aliphatic rings. The average molecular weight is 491 g/mol. The van der Waals surface area contributed by atoms with Crippen molar-refractivity contribution >= 4 is 11.9 Å². The Morgan fingerprint density at radius 3 is 1.77 bits per heavy atom. The van der Waals surface area contributed by atoms with Crippen LogP contribution in [0.1, 0.15) is 48.4 Å². The van der Waals surface area contributed by atoms with Gasteiger partial charge >= 0.3 is 11.9 Å². The summed E-state index contributed by atoms with van der Waals surface area (Å²) in [6.07, 6.45) is 0. The fraction of sp³-hybridized carbons (Fsp3) is 0.440. The molecule has 0 saturated carbocycles. The molecule has 0 aromatic heterocycles. The van der Waals surface area contributed by atoms with Gasteiger partial charge in [-0.1, -0.05) is 0 Å². The number of carbonyl (C=O) groups is 2. The lowest BCUT2D eigenvalue weighted by molar-refractivity contribution is 0.0514. The molecule has 0 saturated heterocycles. The molecule has 0 atom stereocenters. The van der Waals surface area contributed by atoms with Crippen LogP contribution in [-0.4, -0.2) is 59.4 Å². The van der Waals surface area contributed by atoms with E-state index in [-0.39, 0.29) is 83.4 Å². The molecule has 10 nitrogen and oxygen atoms in total. The largest absolute Gasteiger partial charge is 0.493 e. The summed E-state index contributed by atoms with van der Waals surface area (Å²) in [5.41, 5.74) is 0.630. The van der Waals surface area contributed by atoms with Crippen LogP contribution in [0.25, 0.3) is 11.1 Å². The van der Waals surface area contributed by atoms with Gasteiger partial charge in [0.25, 0.3) is 0 Å². The van der Waals surface area contributed by atoms with Crippen molar-refractivity contribution in [2.45, 2.75) is 27.7 Å². The van der Waals surface area contributed by atoms with E-state index in [1.54, 1.807) is 27.7 Å². The highest BCUT2D eigenvalue weighted by Gasteiger charge is 2.36. The van der Waals surface area contributed by atoms with E-state index in [0.717, 1.165) is 0 Å². The molecule has 0 N–H and O–H groups in total. The van der Waals surface area contributed by atoms with E-state index in [0.29, 0.717) is 6.61 Å². The first-order valence-corrected chi connectivity index (χ1v) is 11.3. The monoisotopic (exact) mass is 490 g/mol. The van der Waals surface area contributed by atoms with Gasteiger partial charge in [-0.15, -0.1) is 0 Å². The van der Waals surface area contributed by atoms with Crippen LogP contribution in [0.15, 0.2) is 12.1 Å². The van der Waals surface area contributed by atoms with Gasteiger partial charge in [-0.25, -0.2) is 9.59 Å². The van der Waals surface area contributed by atoms with Gasteiger partial charge in [0.15, 0.2) is 23.0 Å². The van der Waals surface area contributed by atoms with Crippen molar-refractivity contribution in [1.82, 2.24) is 0 Å². The Morgan fingerprint density at radius 2 is 1.23 bits per heavy atom. The second kappa shape index (κ2) is 11.5. The molecule has 2 aromatic carbocycles. The number of rotatable bonds is 11. The molecule has 0 amide bonds. The molecule has 190 valence electrons. The first-order valence-electron chi connectivity index (χ1n) is 11.3. The number of carbonyl (C=O) groups excluding carboxylic acids is 2. The fourth-order valence-corrected chi connectivity index (χ4v) is 3.76. The minimum atomic E-state index is -0.650. The van der Waals surface area contributed by atoms with Gasteiger partial charge in [0.1, 0.15) is 0 Å². The topological polar surface area (TPSA) is 108 Å². The summed E-state index contributed by atoms with van der Waals surface area (Å²) in [6, 6.07) is 2.97. The van der Waals surface area contributed by atoms with Crippen LogP contribution >= 0.6 is 0 Å². The molecule has 1 heterocycles. The molecule has 0 bridgehead atoms. The van der Waals surface area contributed by atoms with E-state index in [1.165, 1.54) is 26.4 Å². The van der Waals surface area contributed by atoms with E-state index in [4.69, 9.17) is 37.9 Å². The third-order valence-corrected chi connectivity index (χ3v) is 5.07. The highest BCUT2D eigenvalue weighted by Crippen LogP contribution is 2.55. The first kappa shape index (κ1) is 25.8. The van der Waals surface area contributed by atoms with Crippen LogP contribution in [0.4, 0.5) is 0 Å². The zero-order valence-electron chi connectivity index (χ0n) is 20.8. The number of esters is 2. The summed E-state index contributed by atoms with van der Waals surface area (Å²) < 4.78 is 44.9. The minimum absolute atomic E-state index is 0.0871. The Hall–Kier alpha value is -3.82. The second-order valence-corrected chi connectivity index (χ2v) is 7.03. The lowest BCUT2D eigenvalue weighted by Gasteiger charge is -2.23. The van der Waals surface area contributed by atoms with Crippen molar-refractivity contribution < 1.29 is 47.5 Å². The van der Waals surface area contributed by atoms with Crippen molar-refractivity contribution in [2.24, 2.45) is 0 Å². The molecule has 0 unspecified atom stereocenters. The third kappa shape index (κ3) is 4.87. The lowest BCUT2D eigenvalue weighted by atomic mass is 9.91. The normalized spacial score (nSPS) is 11.6. The third-order valence-electron chi connectivity index (χ3n) is 5.07. The van der Waals surface area contributed by atoms with Crippen molar-refractivity contribution in [3.8, 4) is 45.6 Å². The predicted octanol–water partition coefficient (Wildman–Crippen LogP) is 4.25. The molecule has 0 spiro atoms. The number of hydrogen-bond acceptors (Lipinski definition) is 10. The maximum atomic E-state index is 13.2. The van der Waals surface area contributed by atoms with E-state index in [9.17, 15) is 9.59 Å². The van der Waals surface area contributed by atoms with Gasteiger partial charge in [-0.2, -0.15) is 0 Å². The van der Waals surface area contributed by atoms with Crippen LogP contribution in [0.2, 0.25) is 0 Å². The summed E-state index contributed by atoms with van der Waals surface area (Å²) >= 11 is 0. The molecule has 2 aromatic rings. The van der Waals surface area contributed by atoms with Gasteiger partial charge in [-0.05, 0) is 39.8 Å². The van der Waals surface area contributed by atoms with Crippen molar-refractivity contribution in [2.75, 3.05) is 47.4 Å². The molecule has 35 heavy (non-hydrogen) atoms. The molecular weight excluding hydrogens is 460 g/mol. The molecule has 10 heteroatoms. The van der Waals surface area contributed by atoms with Crippen molar-refractivity contribution in [3.05, 3.63) is 23.3 Å². The standard InChI is InChI=1S/C25H30O10/c1-7-30-20-16(28-5)11-14(24(26)32-9-3)18(22(20)31-8-2)19-15(25(27)33-10-4)12-17(29-6)21-23(19)35-13-34-21/h11-12H,7-10,13H2,1-6H3. The van der Waals surface area contributed by atoms with E-state index >= 15 is 0 Å². The van der Waals surface area contributed by atoms with Crippen LogP contribution in [0, 0.1) is 0 Å². The molecule has 0 radical (unpaired) electrons. The predicted molar refractivity (Wildman–Crippen MR) is 125 cm³/mol. The van der Waals surface area contributed by atoms with Crippen LogP contribution in [0.5, 0.6) is 34.5 Å². The van der Waals surface area contributed by atoms with Gasteiger partial charge < -0.3 is 37.9 Å². The molecular formula is C25H30O10. The fourth-order valence-electron chi connectivity index (χ4n) is 3.76. The zero-order valence-corrected chi connectivity index (χ0v) is 20.8. The molecule has 0 aliphatic carbocycles. The number of methoxy groups -OCH3 is 2. The summed E-state index contributed by atoms with van der Waals surface area (Å²) in [7, 11) is 2.90. The zero-order chi connectivity index (χ0) is 25.5. The summed E-state index contributed by atoms with van der Waals surface area (Å²) in [4.78, 5) is 26.3. The Morgan fingerprint density at radius 1 is 0.714 bits per heavy atom. The van der Waals surface area contributed by atoms with Crippen molar-refractivity contribution in [3.63, 3.8) is 0 Å². The summed E-state index contributed by atoms with van der Waals surface area (Å²) in [6.45, 7) is 7.64. The number of hydrogen-bond donors (Lipinski definition) is 0. The quantitative estimate of drug-likeness (QED) is 0.424. The van der Waals surface area contributed by atoms with Crippen LogP contribution in [0.3, 0.4) is 0 Å². The SMILES string of the molecule is CCOC(=O)c1cc(OC)c(OCC)c(OCC)c1-c1c(C(=O)OCC)cc(OC)c2c1OCO2. The Bertz CT molecular complexity index is 1090. The second-order valence-electron chi connectivity index (χ2n) is 7.03. The maximum Gasteiger partial charge on any atom is 0.339 e. The Labute approximate surface area is 203 Å². The molecule has 3 rings (SSSR count). The highest BCUT2D eigenvalue weighted by molar-refractivity contribution is 6.08. The van der Waals surface area contributed by atoms with Gasteiger partial charge in [0, 0.05) is 11.1 Å². The van der Waals surface area contributed by atoms with Gasteiger partial charge in [0.2, 0.25) is 18.3 Å². The van der Waals surface area contributed by atoms with E-state index in [2.05, 4.69) is 0 Å². The lowest BCUT2D eigenvalue weighted by Crippen LogP contribution is -2.13. The van der Waals surface area contributed by atoms with Gasteiger partial charge in [0.05, 0.1) is 51.8 Å². The Balaban J connectivity index is 2.53. The smallest absolute Gasteiger partial charge is 0.339 e. The summed E-state index contributed by atoms with van der Waals surface area (Å²) in [5, 5.41) is 0. The highest BCUT2D eigenvalue weighted by atomic mass is 16.7. The molecule has 0 fully saturated rings. The number of ether oxygens (including phenoxy) is 8. The van der Waals surface area contributed by atoms with E-state index < -0.39 is 11.9 Å². The number of fused-ring (bicyclic) bond motifs is 1. The minimum Gasteiger partial charge on any atom is -0.493 e.